The molecule has 0 radical (unpaired) electrons. The summed E-state index contributed by atoms with van der Waals surface area (Å²) in [5.41, 5.74) is 0.960. The van der Waals surface area contributed by atoms with Crippen LogP contribution in [0.4, 0.5) is 0 Å². The van der Waals surface area contributed by atoms with Gasteiger partial charge in [-0.2, -0.15) is 0 Å². The molecule has 2 aromatic rings. The third-order valence-corrected chi connectivity index (χ3v) is 6.58. The predicted octanol–water partition coefficient (Wildman–Crippen LogP) is 2.64. The number of likely N-dealkylation sites (tertiary alicyclic amines) is 1. The Kier molecular flexibility index (Phi) is 7.50. The largest absolute Gasteiger partial charge is 0.493 e. The average Bonchev–Trinajstić information content (AvgIpc) is 3.12. The number of carbonyl (C=O) groups is 3. The van der Waals surface area contributed by atoms with Crippen LogP contribution < -0.4 is 9.47 Å². The Morgan fingerprint density at radius 3 is 2.32 bits per heavy atom. The van der Waals surface area contributed by atoms with Crippen molar-refractivity contribution in [3.05, 3.63) is 58.6 Å². The van der Waals surface area contributed by atoms with E-state index in [0.717, 1.165) is 13.1 Å². The Labute approximate surface area is 203 Å². The van der Waals surface area contributed by atoms with E-state index in [0.29, 0.717) is 48.4 Å². The molecule has 2 fully saturated rings. The molecule has 1 amide bonds. The molecule has 2 atom stereocenters. The lowest BCUT2D eigenvalue weighted by molar-refractivity contribution is -0.141. The summed E-state index contributed by atoms with van der Waals surface area (Å²) in [5.74, 6) is -2.12. The van der Waals surface area contributed by atoms with Gasteiger partial charge in [-0.25, -0.2) is 0 Å². The minimum absolute atomic E-state index is 0.276. The number of ether oxygens (including phenoxy) is 3. The number of morpholine rings is 1. The Hall–Kier alpha value is -2.94. The van der Waals surface area contributed by atoms with Crippen molar-refractivity contribution in [2.24, 2.45) is 5.92 Å². The van der Waals surface area contributed by atoms with E-state index in [1.807, 2.05) is 0 Å². The number of rotatable bonds is 8. The van der Waals surface area contributed by atoms with Crippen molar-refractivity contribution in [1.82, 2.24) is 9.80 Å². The van der Waals surface area contributed by atoms with Gasteiger partial charge in [0.25, 0.3) is 5.91 Å². The van der Waals surface area contributed by atoms with Gasteiger partial charge in [0.15, 0.2) is 17.3 Å². The smallest absolute Gasteiger partial charge is 0.291 e. The zero-order valence-corrected chi connectivity index (χ0v) is 19.9. The van der Waals surface area contributed by atoms with E-state index in [1.165, 1.54) is 25.2 Å². The topological polar surface area (TPSA) is 85.4 Å². The molecule has 0 saturated carbocycles. The maximum Gasteiger partial charge on any atom is 0.291 e. The van der Waals surface area contributed by atoms with Crippen LogP contribution >= 0.6 is 11.6 Å². The van der Waals surface area contributed by atoms with Crippen molar-refractivity contribution in [3.8, 4) is 11.5 Å². The lowest BCUT2D eigenvalue weighted by atomic mass is 9.86. The standard InChI is InChI=1S/C25H27ClN2O6/c1-32-19-8-5-17(15-20(19)33-2)23(29)21-22(16-3-6-18(26)7-4-16)28(25(31)24(21)30)10-9-27-11-13-34-14-12-27/h3-8,15,21-22H,9-14H2,1-2H3. The summed E-state index contributed by atoms with van der Waals surface area (Å²) in [7, 11) is 2.97. The normalized spacial score (nSPS) is 21.1. The fourth-order valence-corrected chi connectivity index (χ4v) is 4.63. The Morgan fingerprint density at radius 1 is 1.00 bits per heavy atom. The molecule has 9 heteroatoms. The van der Waals surface area contributed by atoms with E-state index < -0.39 is 29.4 Å². The maximum absolute atomic E-state index is 13.6. The molecule has 2 aliphatic heterocycles. The number of carbonyl (C=O) groups excluding carboxylic acids is 3. The maximum atomic E-state index is 13.6. The molecule has 0 aliphatic carbocycles. The van der Waals surface area contributed by atoms with Crippen LogP contribution in [0.2, 0.25) is 5.02 Å². The van der Waals surface area contributed by atoms with E-state index in [-0.39, 0.29) is 5.56 Å². The number of Topliss-reactive ketones (excluding diaryl/α,β-unsaturated/α-hetero) is 2. The van der Waals surface area contributed by atoms with Crippen molar-refractivity contribution in [2.45, 2.75) is 6.04 Å². The van der Waals surface area contributed by atoms with Crippen molar-refractivity contribution in [1.29, 1.82) is 0 Å². The molecule has 2 saturated heterocycles. The third-order valence-electron chi connectivity index (χ3n) is 6.33. The van der Waals surface area contributed by atoms with Crippen LogP contribution in [0.5, 0.6) is 11.5 Å². The molecule has 0 aromatic heterocycles. The number of ketones is 2. The molecule has 0 spiro atoms. The highest BCUT2D eigenvalue weighted by Crippen LogP contribution is 2.39. The summed E-state index contributed by atoms with van der Waals surface area (Å²) >= 11 is 6.07. The van der Waals surface area contributed by atoms with Gasteiger partial charge in [0.2, 0.25) is 5.78 Å². The van der Waals surface area contributed by atoms with Gasteiger partial charge >= 0.3 is 0 Å². The summed E-state index contributed by atoms with van der Waals surface area (Å²) < 4.78 is 16.0. The third kappa shape index (κ3) is 4.80. The first kappa shape index (κ1) is 24.2. The second-order valence-electron chi connectivity index (χ2n) is 8.22. The molecule has 34 heavy (non-hydrogen) atoms. The molecule has 2 unspecified atom stereocenters. The quantitative estimate of drug-likeness (QED) is 0.322. The van der Waals surface area contributed by atoms with Crippen molar-refractivity contribution in [2.75, 3.05) is 53.6 Å². The van der Waals surface area contributed by atoms with Crippen LogP contribution in [0.25, 0.3) is 0 Å². The minimum atomic E-state index is -1.17. The van der Waals surface area contributed by atoms with Gasteiger partial charge in [0, 0.05) is 36.8 Å². The van der Waals surface area contributed by atoms with Gasteiger partial charge in [-0.1, -0.05) is 23.7 Å². The van der Waals surface area contributed by atoms with E-state index in [1.54, 1.807) is 36.4 Å². The number of nitrogens with zero attached hydrogens (tertiary/aromatic N) is 2. The highest BCUT2D eigenvalue weighted by atomic mass is 35.5. The van der Waals surface area contributed by atoms with E-state index in [4.69, 9.17) is 25.8 Å². The SMILES string of the molecule is COc1ccc(C(=O)C2C(=O)C(=O)N(CCN3CCOCC3)C2c2ccc(Cl)cc2)cc1OC. The number of hydrogen-bond acceptors (Lipinski definition) is 7. The van der Waals surface area contributed by atoms with E-state index in [2.05, 4.69) is 4.90 Å². The molecule has 4 rings (SSSR count). The second kappa shape index (κ2) is 10.5. The van der Waals surface area contributed by atoms with Crippen LogP contribution in [0.1, 0.15) is 22.0 Å². The highest BCUT2D eigenvalue weighted by molar-refractivity contribution is 6.44. The Bertz CT molecular complexity index is 1070. The molecular formula is C25H27ClN2O6. The van der Waals surface area contributed by atoms with Crippen LogP contribution in [-0.4, -0.2) is 80.9 Å². The first-order valence-electron chi connectivity index (χ1n) is 11.1. The summed E-state index contributed by atoms with van der Waals surface area (Å²) in [6, 6.07) is 10.9. The predicted molar refractivity (Wildman–Crippen MR) is 126 cm³/mol. The molecule has 2 aliphatic rings. The summed E-state index contributed by atoms with van der Waals surface area (Å²) in [6.07, 6.45) is 0. The van der Waals surface area contributed by atoms with E-state index in [9.17, 15) is 14.4 Å². The summed E-state index contributed by atoms with van der Waals surface area (Å²) in [6.45, 7) is 3.70. The molecular weight excluding hydrogens is 460 g/mol. The minimum Gasteiger partial charge on any atom is -0.493 e. The van der Waals surface area contributed by atoms with Crippen molar-refractivity contribution >= 4 is 29.1 Å². The zero-order valence-electron chi connectivity index (χ0n) is 19.2. The van der Waals surface area contributed by atoms with Gasteiger partial charge in [-0.15, -0.1) is 0 Å². The highest BCUT2D eigenvalue weighted by Gasteiger charge is 2.51. The summed E-state index contributed by atoms with van der Waals surface area (Å²) in [4.78, 5) is 43.6. The van der Waals surface area contributed by atoms with Crippen LogP contribution in [0, 0.1) is 5.92 Å². The number of benzene rings is 2. The Balaban J connectivity index is 1.67. The molecule has 2 aromatic carbocycles. The van der Waals surface area contributed by atoms with Crippen molar-refractivity contribution < 1.29 is 28.6 Å². The van der Waals surface area contributed by atoms with Crippen LogP contribution in [0.3, 0.4) is 0 Å². The number of amides is 1. The van der Waals surface area contributed by atoms with Crippen LogP contribution in [-0.2, 0) is 14.3 Å². The number of methoxy groups -OCH3 is 2. The molecule has 8 nitrogen and oxygen atoms in total. The van der Waals surface area contributed by atoms with Gasteiger partial charge in [-0.05, 0) is 35.9 Å². The fraction of sp³-hybridized carbons (Fsp3) is 0.400. The monoisotopic (exact) mass is 486 g/mol. The Morgan fingerprint density at radius 2 is 1.68 bits per heavy atom. The molecule has 0 N–H and O–H groups in total. The lowest BCUT2D eigenvalue weighted by Gasteiger charge is -2.31. The first-order chi connectivity index (χ1) is 16.4. The number of halogens is 1. The first-order valence-corrected chi connectivity index (χ1v) is 11.5. The van der Waals surface area contributed by atoms with Crippen LogP contribution in [0.15, 0.2) is 42.5 Å². The lowest BCUT2D eigenvalue weighted by Crippen LogP contribution is -2.42. The van der Waals surface area contributed by atoms with E-state index >= 15 is 0 Å². The van der Waals surface area contributed by atoms with Gasteiger partial charge < -0.3 is 19.1 Å². The average molecular weight is 487 g/mol. The molecule has 2 heterocycles. The molecule has 180 valence electrons. The zero-order chi connectivity index (χ0) is 24.2. The number of hydrogen-bond donors (Lipinski definition) is 0. The van der Waals surface area contributed by atoms with Gasteiger partial charge in [0.1, 0.15) is 5.92 Å². The molecule has 0 bridgehead atoms. The van der Waals surface area contributed by atoms with Crippen molar-refractivity contribution in [3.63, 3.8) is 0 Å². The second-order valence-corrected chi connectivity index (χ2v) is 8.66. The van der Waals surface area contributed by atoms with Gasteiger partial charge in [-0.3, -0.25) is 19.3 Å². The summed E-state index contributed by atoms with van der Waals surface area (Å²) in [5, 5.41) is 0.530. The fourth-order valence-electron chi connectivity index (χ4n) is 4.50. The van der Waals surface area contributed by atoms with Gasteiger partial charge in [0.05, 0.1) is 33.5 Å².